The van der Waals surface area contributed by atoms with Crippen LogP contribution in [0.15, 0.2) is 29.4 Å². The summed E-state index contributed by atoms with van der Waals surface area (Å²) in [6.07, 6.45) is 4.93. The van der Waals surface area contributed by atoms with Crippen molar-refractivity contribution in [2.75, 3.05) is 6.26 Å². The second-order valence-electron chi connectivity index (χ2n) is 3.76. The lowest BCUT2D eigenvalue weighted by Gasteiger charge is -1.99. The molecule has 1 aromatic rings. The molecule has 0 radical (unpaired) electrons. The van der Waals surface area contributed by atoms with Gasteiger partial charge in [-0.1, -0.05) is 24.3 Å². The van der Waals surface area contributed by atoms with Crippen LogP contribution in [0, 0.1) is 0 Å². The average molecular weight is 251 g/mol. The van der Waals surface area contributed by atoms with Crippen molar-refractivity contribution >= 4 is 28.7 Å². The lowest BCUT2D eigenvalue weighted by Crippen LogP contribution is -2.13. The Labute approximate surface area is 99.1 Å². The molecule has 88 valence electrons. The topological polar surface area (TPSA) is 66.6 Å². The van der Waals surface area contributed by atoms with E-state index in [4.69, 9.17) is 0 Å². The molecule has 0 fully saturated rings. The Kier molecular flexibility index (Phi) is 2.89. The zero-order chi connectivity index (χ0) is 12.5. The van der Waals surface area contributed by atoms with E-state index in [1.807, 2.05) is 0 Å². The molecule has 17 heavy (non-hydrogen) atoms. The molecule has 0 saturated heterocycles. The van der Waals surface area contributed by atoms with Gasteiger partial charge in [-0.25, -0.2) is 0 Å². The Bertz CT molecular complexity index is 600. The van der Waals surface area contributed by atoms with Crippen LogP contribution in [0.2, 0.25) is 0 Å². The zero-order valence-corrected chi connectivity index (χ0v) is 9.96. The maximum atomic E-state index is 11.2. The fourth-order valence-electron chi connectivity index (χ4n) is 1.52. The highest BCUT2D eigenvalue weighted by molar-refractivity contribution is 7.84. The van der Waals surface area contributed by atoms with Crippen LogP contribution in [0.4, 0.5) is 0 Å². The molecule has 0 aromatic heterocycles. The van der Waals surface area contributed by atoms with E-state index in [1.54, 1.807) is 30.5 Å². The van der Waals surface area contributed by atoms with E-state index in [1.165, 1.54) is 6.21 Å². The number of carbonyl (C=O) groups is 1. The predicted octanol–water partition coefficient (Wildman–Crippen LogP) is 0.625. The van der Waals surface area contributed by atoms with E-state index >= 15 is 0 Å². The van der Waals surface area contributed by atoms with Gasteiger partial charge in [0.2, 0.25) is 6.21 Å². The van der Waals surface area contributed by atoms with Gasteiger partial charge in [0.25, 0.3) is 0 Å². The number of hydrogen-bond donors (Lipinski definition) is 0. The highest BCUT2D eigenvalue weighted by atomic mass is 32.2. The lowest BCUT2D eigenvalue weighted by molar-refractivity contribution is -0.360. The van der Waals surface area contributed by atoms with Gasteiger partial charge in [0, 0.05) is 14.8 Å². The van der Waals surface area contributed by atoms with Gasteiger partial charge in [0.15, 0.2) is 0 Å². The van der Waals surface area contributed by atoms with Crippen LogP contribution in [-0.2, 0) is 10.0 Å². The second kappa shape index (κ2) is 4.21. The van der Waals surface area contributed by atoms with Crippen molar-refractivity contribution < 1.29 is 17.3 Å². The molecule has 0 bridgehead atoms. The number of sulfonamides is 1. The van der Waals surface area contributed by atoms with Crippen molar-refractivity contribution in [3.63, 3.8) is 0 Å². The van der Waals surface area contributed by atoms with E-state index < -0.39 is 10.0 Å². The first-order valence-electron chi connectivity index (χ1n) is 4.94. The van der Waals surface area contributed by atoms with E-state index in [0.717, 1.165) is 22.2 Å². The molecule has 6 heteroatoms. The molecule has 1 aliphatic heterocycles. The number of rotatable bonds is 3. The summed E-state index contributed by atoms with van der Waals surface area (Å²) in [5, 5.41) is 3.80. The molecule has 0 amide bonds. The first-order chi connectivity index (χ1) is 8.00. The quantitative estimate of drug-likeness (QED) is 0.584. The van der Waals surface area contributed by atoms with Crippen molar-refractivity contribution in [1.29, 1.82) is 0 Å². The van der Waals surface area contributed by atoms with Crippen molar-refractivity contribution in [1.82, 2.24) is 0 Å². The molecular formula is C11H11N2O3S+. The summed E-state index contributed by atoms with van der Waals surface area (Å²) in [7, 11) is -3.33. The van der Waals surface area contributed by atoms with E-state index in [9.17, 15) is 13.2 Å². The summed E-state index contributed by atoms with van der Waals surface area (Å²) in [6, 6.07) is 6.94. The monoisotopic (exact) mass is 251 g/mol. The molecule has 1 heterocycles. The van der Waals surface area contributed by atoms with Gasteiger partial charge in [0.05, 0.1) is 6.21 Å². The van der Waals surface area contributed by atoms with Crippen molar-refractivity contribution in [2.45, 2.75) is 5.92 Å². The largest absolute Gasteiger partial charge is 0.389 e. The van der Waals surface area contributed by atoms with Crippen LogP contribution in [0.3, 0.4) is 0 Å². The summed E-state index contributed by atoms with van der Waals surface area (Å²) in [6.45, 7) is 0. The number of hydrogen-bond acceptors (Lipinski definition) is 4. The van der Waals surface area contributed by atoms with Gasteiger partial charge in [0.1, 0.15) is 18.5 Å². The van der Waals surface area contributed by atoms with Gasteiger partial charge >= 0.3 is 10.0 Å². The van der Waals surface area contributed by atoms with Gasteiger partial charge in [-0.15, -0.1) is 0 Å². The number of carbonyl (C=O) groups excluding carboxylic acids is 1. The number of benzene rings is 1. The van der Waals surface area contributed by atoms with Crippen LogP contribution in [-0.4, -0.2) is 37.5 Å². The Morgan fingerprint density at radius 1 is 1.29 bits per heavy atom. The van der Waals surface area contributed by atoms with Crippen LogP contribution >= 0.6 is 0 Å². The molecule has 1 aliphatic rings. The van der Waals surface area contributed by atoms with Gasteiger partial charge in [-0.05, 0) is 5.56 Å². The van der Waals surface area contributed by atoms with Crippen LogP contribution in [0.25, 0.3) is 0 Å². The van der Waals surface area contributed by atoms with Gasteiger partial charge < -0.3 is 0 Å². The minimum Gasteiger partial charge on any atom is -0.298 e. The lowest BCUT2D eigenvalue weighted by atomic mass is 10.0. The van der Waals surface area contributed by atoms with Crippen LogP contribution in [0.1, 0.15) is 21.8 Å². The molecule has 0 saturated carbocycles. The van der Waals surface area contributed by atoms with Crippen molar-refractivity contribution in [2.24, 2.45) is 5.10 Å². The molecule has 0 aliphatic carbocycles. The molecule has 5 nitrogen and oxygen atoms in total. The number of aldehydes is 1. The molecule has 0 N–H and O–H groups in total. The average Bonchev–Trinajstić information content (AvgIpc) is 2.78. The summed E-state index contributed by atoms with van der Waals surface area (Å²) in [5.41, 5.74) is 1.48. The van der Waals surface area contributed by atoms with Gasteiger partial charge in [-0.2, -0.15) is 8.42 Å². The number of hydrazone groups is 1. The van der Waals surface area contributed by atoms with Crippen molar-refractivity contribution in [3.8, 4) is 0 Å². The fraction of sp³-hybridized carbons (Fsp3) is 0.182. The van der Waals surface area contributed by atoms with E-state index in [2.05, 4.69) is 5.10 Å². The molecule has 1 unspecified atom stereocenters. The van der Waals surface area contributed by atoms with E-state index in [0.29, 0.717) is 5.56 Å². The summed E-state index contributed by atoms with van der Waals surface area (Å²) in [5.74, 6) is -0.176. The minimum absolute atomic E-state index is 0.176. The van der Waals surface area contributed by atoms with Crippen LogP contribution in [0.5, 0.6) is 0 Å². The molecule has 0 spiro atoms. The standard InChI is InChI=1S/C11H11N2O3S/c1-17(15,16)13-7-11(6-12-13)10-4-2-9(8-14)3-5-10/h2-8,11H,1H3/q+1. The van der Waals surface area contributed by atoms with Crippen molar-refractivity contribution in [3.05, 3.63) is 35.4 Å². The Hall–Kier alpha value is -1.82. The third-order valence-electron chi connectivity index (χ3n) is 2.43. The maximum absolute atomic E-state index is 11.2. The first-order valence-corrected chi connectivity index (χ1v) is 6.79. The third-order valence-corrected chi connectivity index (χ3v) is 3.32. The summed E-state index contributed by atoms with van der Waals surface area (Å²) >= 11 is 0. The number of nitrogens with zero attached hydrogens (tertiary/aromatic N) is 2. The second-order valence-corrected chi connectivity index (χ2v) is 5.60. The smallest absolute Gasteiger partial charge is 0.298 e. The van der Waals surface area contributed by atoms with Gasteiger partial charge in [-0.3, -0.25) is 4.79 Å². The predicted molar refractivity (Wildman–Crippen MR) is 64.2 cm³/mol. The molecular weight excluding hydrogens is 240 g/mol. The molecule has 1 atom stereocenters. The fourth-order valence-corrected chi connectivity index (χ4v) is 2.09. The first kappa shape index (κ1) is 11.7. The Morgan fingerprint density at radius 2 is 1.94 bits per heavy atom. The Morgan fingerprint density at radius 3 is 2.41 bits per heavy atom. The minimum atomic E-state index is -3.33. The van der Waals surface area contributed by atoms with E-state index in [-0.39, 0.29) is 5.92 Å². The SMILES string of the molecule is CS(=O)(=O)[N+]1=CC(c2ccc(C=O)cc2)C=N1. The molecule has 1 aromatic carbocycles. The third kappa shape index (κ3) is 2.47. The maximum Gasteiger partial charge on any atom is 0.389 e. The highest BCUT2D eigenvalue weighted by Gasteiger charge is 2.27. The Balaban J connectivity index is 2.29. The zero-order valence-electron chi connectivity index (χ0n) is 9.15. The summed E-state index contributed by atoms with van der Waals surface area (Å²) in [4.78, 5) is 10.5. The molecule has 2 rings (SSSR count). The summed E-state index contributed by atoms with van der Waals surface area (Å²) < 4.78 is 23.4. The normalized spacial score (nSPS) is 19.1. The van der Waals surface area contributed by atoms with Crippen LogP contribution < -0.4 is 0 Å². The highest BCUT2D eigenvalue weighted by Crippen LogP contribution is 2.16.